The van der Waals surface area contributed by atoms with Crippen LogP contribution in [0.1, 0.15) is 12.8 Å². The predicted octanol–water partition coefficient (Wildman–Crippen LogP) is 2.51. The van der Waals surface area contributed by atoms with Gasteiger partial charge >= 0.3 is 0 Å². The molecule has 1 heterocycles. The van der Waals surface area contributed by atoms with E-state index < -0.39 is 0 Å². The molecule has 1 aliphatic rings. The summed E-state index contributed by atoms with van der Waals surface area (Å²) in [5.74, 6) is 0.771. The number of benzene rings is 1. The van der Waals surface area contributed by atoms with Crippen molar-refractivity contribution in [1.29, 1.82) is 0 Å². The minimum Gasteiger partial charge on any atom is -0.329 e. The van der Waals surface area contributed by atoms with Crippen LogP contribution in [0.15, 0.2) is 46.7 Å². The molecule has 0 aliphatic heterocycles. The van der Waals surface area contributed by atoms with Crippen molar-refractivity contribution in [2.24, 2.45) is 13.0 Å². The van der Waals surface area contributed by atoms with E-state index in [1.165, 1.54) is 12.8 Å². The molecule has 1 aromatic carbocycles. The summed E-state index contributed by atoms with van der Waals surface area (Å²) in [7, 11) is 1.96. The minimum atomic E-state index is -0.00598. The maximum atomic E-state index is 12.0. The number of aryl methyl sites for hydroxylation is 1. The van der Waals surface area contributed by atoms with Crippen LogP contribution < -0.4 is 10.6 Å². The van der Waals surface area contributed by atoms with Crippen molar-refractivity contribution in [1.82, 2.24) is 14.9 Å². The van der Waals surface area contributed by atoms with Crippen LogP contribution >= 0.6 is 11.8 Å². The number of hydrogen-bond acceptors (Lipinski definition) is 4. The van der Waals surface area contributed by atoms with E-state index in [1.54, 1.807) is 18.0 Å². The maximum absolute atomic E-state index is 12.0. The molecule has 5 nitrogen and oxygen atoms in total. The van der Waals surface area contributed by atoms with Crippen molar-refractivity contribution in [3.05, 3.63) is 36.7 Å². The highest BCUT2D eigenvalue weighted by Crippen LogP contribution is 2.32. The lowest BCUT2D eigenvalue weighted by Gasteiger charge is -2.11. The number of carbonyl (C=O) groups is 1. The second-order valence-corrected chi connectivity index (χ2v) is 6.55. The summed E-state index contributed by atoms with van der Waals surface area (Å²) in [6.07, 6.45) is 6.26. The molecule has 2 aromatic rings. The highest BCUT2D eigenvalue weighted by molar-refractivity contribution is 7.99. The fourth-order valence-corrected chi connectivity index (χ4v) is 3.00. The first-order valence-electron chi connectivity index (χ1n) is 7.47. The molecule has 2 N–H and O–H groups in total. The van der Waals surface area contributed by atoms with Crippen LogP contribution in [0.5, 0.6) is 0 Å². The van der Waals surface area contributed by atoms with Gasteiger partial charge in [-0.3, -0.25) is 4.79 Å². The molecule has 0 saturated heterocycles. The van der Waals surface area contributed by atoms with E-state index in [-0.39, 0.29) is 5.91 Å². The topological polar surface area (TPSA) is 59.0 Å². The van der Waals surface area contributed by atoms with Gasteiger partial charge in [0.15, 0.2) is 5.16 Å². The molecule has 0 spiro atoms. The molecular formula is C16H20N4OS. The molecule has 1 saturated carbocycles. The average Bonchev–Trinajstić information content (AvgIpc) is 3.24. The number of para-hydroxylation sites is 1. The summed E-state index contributed by atoms with van der Waals surface area (Å²) in [5.41, 5.74) is 0.828. The number of nitrogens with zero attached hydrogens (tertiary/aromatic N) is 2. The van der Waals surface area contributed by atoms with Crippen molar-refractivity contribution < 1.29 is 4.79 Å². The monoisotopic (exact) mass is 316 g/mol. The van der Waals surface area contributed by atoms with Gasteiger partial charge < -0.3 is 15.2 Å². The van der Waals surface area contributed by atoms with Gasteiger partial charge in [-0.15, -0.1) is 0 Å². The Hall–Kier alpha value is -1.79. The lowest BCUT2D eigenvalue weighted by molar-refractivity contribution is -0.115. The fraction of sp³-hybridized carbons (Fsp3) is 0.375. The summed E-state index contributed by atoms with van der Waals surface area (Å²) in [4.78, 5) is 17.3. The van der Waals surface area contributed by atoms with Gasteiger partial charge in [-0.25, -0.2) is 4.98 Å². The number of imidazole rings is 1. The normalized spacial score (nSPS) is 14.0. The second kappa shape index (κ2) is 6.98. The largest absolute Gasteiger partial charge is 0.329 e. The Morgan fingerprint density at radius 1 is 1.41 bits per heavy atom. The van der Waals surface area contributed by atoms with E-state index in [9.17, 15) is 4.79 Å². The summed E-state index contributed by atoms with van der Waals surface area (Å²) in [6, 6.07) is 7.80. The molecular weight excluding hydrogens is 296 g/mol. The SMILES string of the molecule is Cn1ccnc1Sc1ccccc1NC(=O)CNCC1CC1. The highest BCUT2D eigenvalue weighted by atomic mass is 32.2. The molecule has 0 radical (unpaired) electrons. The van der Waals surface area contributed by atoms with Crippen molar-refractivity contribution in [3.8, 4) is 0 Å². The van der Waals surface area contributed by atoms with Crippen LogP contribution in [0.25, 0.3) is 0 Å². The Bertz CT molecular complexity index is 651. The third-order valence-electron chi connectivity index (χ3n) is 3.55. The molecule has 1 fully saturated rings. The van der Waals surface area contributed by atoms with Crippen LogP contribution in [0.2, 0.25) is 0 Å². The van der Waals surface area contributed by atoms with Gasteiger partial charge in [0.2, 0.25) is 5.91 Å². The average molecular weight is 316 g/mol. The van der Waals surface area contributed by atoms with Gasteiger partial charge in [0, 0.05) is 24.3 Å². The zero-order valence-electron chi connectivity index (χ0n) is 12.6. The molecule has 1 aliphatic carbocycles. The molecule has 0 atom stereocenters. The van der Waals surface area contributed by atoms with Crippen molar-refractivity contribution in [2.75, 3.05) is 18.4 Å². The lowest BCUT2D eigenvalue weighted by atomic mass is 10.3. The third-order valence-corrected chi connectivity index (χ3v) is 4.71. The van der Waals surface area contributed by atoms with Crippen LogP contribution in [0.3, 0.4) is 0 Å². The summed E-state index contributed by atoms with van der Waals surface area (Å²) >= 11 is 1.54. The molecule has 1 aromatic heterocycles. The molecule has 6 heteroatoms. The third kappa shape index (κ3) is 4.11. The van der Waals surface area contributed by atoms with E-state index in [2.05, 4.69) is 15.6 Å². The van der Waals surface area contributed by atoms with E-state index in [1.807, 2.05) is 42.1 Å². The number of rotatable bonds is 7. The van der Waals surface area contributed by atoms with E-state index in [0.717, 1.165) is 28.2 Å². The van der Waals surface area contributed by atoms with E-state index >= 15 is 0 Å². The van der Waals surface area contributed by atoms with Crippen LogP contribution in [-0.4, -0.2) is 28.5 Å². The highest BCUT2D eigenvalue weighted by Gasteiger charge is 2.20. The second-order valence-electron chi connectivity index (χ2n) is 5.54. The number of nitrogens with one attached hydrogen (secondary N) is 2. The molecule has 0 unspecified atom stereocenters. The lowest BCUT2D eigenvalue weighted by Crippen LogP contribution is -2.29. The number of amides is 1. The fourth-order valence-electron chi connectivity index (χ4n) is 2.11. The first-order chi connectivity index (χ1) is 10.7. The Balaban J connectivity index is 1.60. The van der Waals surface area contributed by atoms with Crippen LogP contribution in [0.4, 0.5) is 5.69 Å². The number of hydrogen-bond donors (Lipinski definition) is 2. The first kappa shape index (κ1) is 15.1. The Labute approximate surface area is 134 Å². The van der Waals surface area contributed by atoms with Gasteiger partial charge in [0.05, 0.1) is 12.2 Å². The van der Waals surface area contributed by atoms with Crippen LogP contribution in [0, 0.1) is 5.92 Å². The van der Waals surface area contributed by atoms with Crippen molar-refractivity contribution >= 4 is 23.4 Å². The van der Waals surface area contributed by atoms with Crippen molar-refractivity contribution in [3.63, 3.8) is 0 Å². The zero-order valence-corrected chi connectivity index (χ0v) is 13.4. The minimum absolute atomic E-state index is 0.00598. The zero-order chi connectivity index (χ0) is 15.4. The van der Waals surface area contributed by atoms with E-state index in [4.69, 9.17) is 0 Å². The van der Waals surface area contributed by atoms with Gasteiger partial charge in [-0.1, -0.05) is 12.1 Å². The maximum Gasteiger partial charge on any atom is 0.238 e. The number of aromatic nitrogens is 2. The summed E-state index contributed by atoms with van der Waals surface area (Å²) in [6.45, 7) is 1.30. The molecule has 22 heavy (non-hydrogen) atoms. The van der Waals surface area contributed by atoms with Gasteiger partial charge in [-0.05, 0) is 49.2 Å². The number of anilines is 1. The number of carbonyl (C=O) groups excluding carboxylic acids is 1. The van der Waals surface area contributed by atoms with Crippen molar-refractivity contribution in [2.45, 2.75) is 22.9 Å². The van der Waals surface area contributed by atoms with Gasteiger partial charge in [0.1, 0.15) is 0 Å². The molecule has 116 valence electrons. The van der Waals surface area contributed by atoms with Gasteiger partial charge in [0.25, 0.3) is 0 Å². The smallest absolute Gasteiger partial charge is 0.238 e. The Morgan fingerprint density at radius 3 is 2.95 bits per heavy atom. The van der Waals surface area contributed by atoms with Gasteiger partial charge in [-0.2, -0.15) is 0 Å². The summed E-state index contributed by atoms with van der Waals surface area (Å²) in [5, 5.41) is 7.08. The predicted molar refractivity (Wildman–Crippen MR) is 88.0 cm³/mol. The Kier molecular flexibility index (Phi) is 4.80. The molecule has 1 amide bonds. The summed E-state index contributed by atoms with van der Waals surface area (Å²) < 4.78 is 1.96. The van der Waals surface area contributed by atoms with E-state index in [0.29, 0.717) is 6.54 Å². The first-order valence-corrected chi connectivity index (χ1v) is 8.29. The quantitative estimate of drug-likeness (QED) is 0.824. The standard InChI is InChI=1S/C16H20N4OS/c1-20-9-8-18-16(20)22-14-5-3-2-4-13(14)19-15(21)11-17-10-12-6-7-12/h2-5,8-9,12,17H,6-7,10-11H2,1H3,(H,19,21). The molecule has 0 bridgehead atoms. The van der Waals surface area contributed by atoms with Crippen LogP contribution in [-0.2, 0) is 11.8 Å². The Morgan fingerprint density at radius 2 is 2.23 bits per heavy atom. The molecule has 3 rings (SSSR count).